The maximum atomic E-state index is 16.1. The first kappa shape index (κ1) is 23.7. The second-order valence-corrected chi connectivity index (χ2v) is 10.8. The number of imidazole rings is 1. The van der Waals surface area contributed by atoms with E-state index in [-0.39, 0.29) is 11.5 Å². The van der Waals surface area contributed by atoms with Crippen LogP contribution in [0.1, 0.15) is 35.0 Å². The van der Waals surface area contributed by atoms with E-state index in [1.165, 1.54) is 24.2 Å². The number of halogens is 1. The third-order valence-corrected chi connectivity index (χ3v) is 8.26. The zero-order chi connectivity index (χ0) is 26.5. The van der Waals surface area contributed by atoms with E-state index < -0.39 is 5.82 Å². The molecule has 1 saturated heterocycles. The lowest BCUT2D eigenvalue weighted by atomic mass is 10.1. The normalized spacial score (nSPS) is 14.1. The molecule has 0 atom stereocenters. The zero-order valence-corrected chi connectivity index (χ0v) is 21.8. The van der Waals surface area contributed by atoms with Crippen molar-refractivity contribution in [3.05, 3.63) is 65.3 Å². The van der Waals surface area contributed by atoms with Crippen LogP contribution in [-0.2, 0) is 6.54 Å². The number of fused-ring (bicyclic) bond motifs is 2. The number of nitrogens with zero attached hydrogens (tertiary/aromatic N) is 6. The minimum absolute atomic E-state index is 0.0129. The number of hydrogen-bond donors (Lipinski definition) is 2. The van der Waals surface area contributed by atoms with Crippen LogP contribution < -0.4 is 0 Å². The Morgan fingerprint density at radius 3 is 2.79 bits per heavy atom. The molecule has 0 bridgehead atoms. The number of carbonyl (C=O) groups is 1. The molecule has 7 rings (SSSR count). The lowest BCUT2D eigenvalue weighted by Gasteiger charge is -2.14. The van der Waals surface area contributed by atoms with E-state index in [0.29, 0.717) is 44.0 Å². The standard InChI is InChI=1S/C28H23FN8OS/c1-15(38)20-4-5-21(39-20)18-6-7-31-27-25(18)33-28(34-27)26-22-19(35-36-26)13-32-24(23(22)29)17-10-16(11-30-12-17)14-37-8-2-3-9-37/h4-7,10-13H,2-3,8-9,14H2,1H3,(H,35,36)(H,31,33,34). The van der Waals surface area contributed by atoms with Gasteiger partial charge in [-0.25, -0.2) is 14.4 Å². The fourth-order valence-electron chi connectivity index (χ4n) is 5.14. The molecule has 0 radical (unpaired) electrons. The molecule has 0 aliphatic carbocycles. The van der Waals surface area contributed by atoms with Crippen molar-refractivity contribution in [2.24, 2.45) is 0 Å². The third-order valence-electron chi connectivity index (χ3n) is 7.05. The largest absolute Gasteiger partial charge is 0.321 e. The summed E-state index contributed by atoms with van der Waals surface area (Å²) in [5, 5.41) is 7.56. The van der Waals surface area contributed by atoms with Gasteiger partial charge in [-0.3, -0.25) is 24.8 Å². The summed E-state index contributed by atoms with van der Waals surface area (Å²) in [6.45, 7) is 4.47. The van der Waals surface area contributed by atoms with Gasteiger partial charge in [0, 0.05) is 41.1 Å². The van der Waals surface area contributed by atoms with Crippen molar-refractivity contribution in [2.45, 2.75) is 26.3 Å². The van der Waals surface area contributed by atoms with Crippen LogP contribution >= 0.6 is 11.3 Å². The van der Waals surface area contributed by atoms with Gasteiger partial charge in [0.2, 0.25) is 0 Å². The van der Waals surface area contributed by atoms with Crippen LogP contribution in [0.15, 0.2) is 49.1 Å². The maximum absolute atomic E-state index is 16.1. The van der Waals surface area contributed by atoms with E-state index in [1.54, 1.807) is 25.5 Å². The van der Waals surface area contributed by atoms with Gasteiger partial charge in [0.1, 0.15) is 16.9 Å². The lowest BCUT2D eigenvalue weighted by Crippen LogP contribution is -2.18. The van der Waals surface area contributed by atoms with Crippen molar-refractivity contribution < 1.29 is 9.18 Å². The molecule has 9 nitrogen and oxygen atoms in total. The van der Waals surface area contributed by atoms with Crippen molar-refractivity contribution in [3.63, 3.8) is 0 Å². The van der Waals surface area contributed by atoms with Gasteiger partial charge in [0.15, 0.2) is 23.1 Å². The molecule has 1 aliphatic heterocycles. The second kappa shape index (κ2) is 9.44. The monoisotopic (exact) mass is 538 g/mol. The number of nitrogens with one attached hydrogen (secondary N) is 2. The zero-order valence-electron chi connectivity index (χ0n) is 21.0. The van der Waals surface area contributed by atoms with Gasteiger partial charge >= 0.3 is 0 Å². The first-order valence-electron chi connectivity index (χ1n) is 12.7. The summed E-state index contributed by atoms with van der Waals surface area (Å²) < 4.78 is 16.1. The quantitative estimate of drug-likeness (QED) is 0.264. The molecule has 39 heavy (non-hydrogen) atoms. The first-order chi connectivity index (χ1) is 19.0. The SMILES string of the molecule is CC(=O)c1ccc(-c2ccnc3[nH]c(-c4n[nH]c5cnc(-c6cncc(CN7CCCC7)c6)c(F)c45)nc23)s1. The molecule has 2 N–H and O–H groups in total. The van der Waals surface area contributed by atoms with Crippen LogP contribution in [0, 0.1) is 5.82 Å². The van der Waals surface area contributed by atoms with E-state index in [4.69, 9.17) is 4.98 Å². The maximum Gasteiger partial charge on any atom is 0.169 e. The van der Waals surface area contributed by atoms with E-state index in [0.717, 1.165) is 35.6 Å². The highest BCUT2D eigenvalue weighted by Gasteiger charge is 2.22. The Balaban J connectivity index is 1.30. The third kappa shape index (κ3) is 4.19. The van der Waals surface area contributed by atoms with Gasteiger partial charge in [-0.15, -0.1) is 11.3 Å². The molecule has 0 saturated carbocycles. The molecular formula is C28H23FN8OS. The minimum Gasteiger partial charge on any atom is -0.321 e. The Hall–Kier alpha value is -4.35. The molecule has 0 aromatic carbocycles. The van der Waals surface area contributed by atoms with E-state index in [2.05, 4.69) is 35.0 Å². The molecule has 6 aromatic heterocycles. The summed E-state index contributed by atoms with van der Waals surface area (Å²) >= 11 is 1.40. The second-order valence-electron chi connectivity index (χ2n) is 9.71. The van der Waals surface area contributed by atoms with E-state index in [9.17, 15) is 4.79 Å². The first-order valence-corrected chi connectivity index (χ1v) is 13.5. The Bertz CT molecular complexity index is 1870. The van der Waals surface area contributed by atoms with Gasteiger partial charge < -0.3 is 4.98 Å². The van der Waals surface area contributed by atoms with Crippen LogP contribution in [0.2, 0.25) is 0 Å². The molecule has 1 aliphatic rings. The Labute approximate surface area is 226 Å². The number of hydrogen-bond acceptors (Lipinski definition) is 8. The van der Waals surface area contributed by atoms with Crippen LogP contribution in [0.25, 0.3) is 55.3 Å². The highest BCUT2D eigenvalue weighted by molar-refractivity contribution is 7.17. The average molecular weight is 539 g/mol. The fourth-order valence-corrected chi connectivity index (χ4v) is 6.07. The highest BCUT2D eigenvalue weighted by Crippen LogP contribution is 2.36. The van der Waals surface area contributed by atoms with E-state index in [1.807, 2.05) is 30.5 Å². The van der Waals surface area contributed by atoms with Gasteiger partial charge in [0.05, 0.1) is 22.0 Å². The van der Waals surface area contributed by atoms with Crippen molar-refractivity contribution in [3.8, 4) is 33.2 Å². The Kier molecular flexibility index (Phi) is 5.75. The number of likely N-dealkylation sites (tertiary alicyclic amines) is 1. The number of aromatic amines is 2. The van der Waals surface area contributed by atoms with Crippen molar-refractivity contribution >= 4 is 39.2 Å². The predicted molar refractivity (Wildman–Crippen MR) is 148 cm³/mol. The molecule has 0 spiro atoms. The number of pyridine rings is 3. The van der Waals surface area contributed by atoms with Crippen molar-refractivity contribution in [1.82, 2.24) is 40.0 Å². The van der Waals surface area contributed by atoms with Gasteiger partial charge in [-0.2, -0.15) is 5.10 Å². The lowest BCUT2D eigenvalue weighted by molar-refractivity contribution is 0.102. The average Bonchev–Trinajstić information content (AvgIpc) is 3.74. The predicted octanol–water partition coefficient (Wildman–Crippen LogP) is 5.62. The number of H-pyrrole nitrogens is 2. The smallest absolute Gasteiger partial charge is 0.169 e. The van der Waals surface area contributed by atoms with Gasteiger partial charge in [0.25, 0.3) is 0 Å². The number of Topliss-reactive ketones (excluding diaryl/α,β-unsaturated/α-hetero) is 1. The highest BCUT2D eigenvalue weighted by atomic mass is 32.1. The van der Waals surface area contributed by atoms with Crippen molar-refractivity contribution in [1.29, 1.82) is 0 Å². The molecule has 6 aromatic rings. The van der Waals surface area contributed by atoms with E-state index >= 15 is 4.39 Å². The van der Waals surface area contributed by atoms with Gasteiger partial charge in [-0.05, 0) is 62.7 Å². The summed E-state index contributed by atoms with van der Waals surface area (Å²) in [6, 6.07) is 7.52. The Morgan fingerprint density at radius 2 is 1.97 bits per heavy atom. The molecule has 7 heterocycles. The molecule has 0 unspecified atom stereocenters. The summed E-state index contributed by atoms with van der Waals surface area (Å²) in [7, 11) is 0. The van der Waals surface area contributed by atoms with Crippen molar-refractivity contribution in [2.75, 3.05) is 13.1 Å². The minimum atomic E-state index is -0.491. The number of ketones is 1. The number of rotatable bonds is 6. The van der Waals surface area contributed by atoms with Crippen LogP contribution in [0.4, 0.5) is 4.39 Å². The van der Waals surface area contributed by atoms with Crippen LogP contribution in [0.3, 0.4) is 0 Å². The summed E-state index contributed by atoms with van der Waals surface area (Å²) in [4.78, 5) is 36.9. The van der Waals surface area contributed by atoms with Gasteiger partial charge in [-0.1, -0.05) is 0 Å². The number of thiophene rings is 1. The summed E-state index contributed by atoms with van der Waals surface area (Å²) in [5.41, 5.74) is 4.66. The fraction of sp³-hybridized carbons (Fsp3) is 0.214. The molecule has 11 heteroatoms. The van der Waals surface area contributed by atoms with Crippen LogP contribution in [-0.4, -0.2) is 58.9 Å². The topological polar surface area (TPSA) is 116 Å². The number of carbonyl (C=O) groups excluding carboxylic acids is 1. The van der Waals surface area contributed by atoms with Crippen LogP contribution in [0.5, 0.6) is 0 Å². The molecular weight excluding hydrogens is 515 g/mol. The molecule has 0 amide bonds. The number of aromatic nitrogens is 7. The summed E-state index contributed by atoms with van der Waals surface area (Å²) in [6.07, 6.45) is 9.13. The Morgan fingerprint density at radius 1 is 1.10 bits per heavy atom. The summed E-state index contributed by atoms with van der Waals surface area (Å²) in [5.74, 6) is -0.0928. The molecule has 194 valence electrons. The molecule has 1 fully saturated rings.